The van der Waals surface area contributed by atoms with Gasteiger partial charge in [-0.2, -0.15) is 0 Å². The lowest BCUT2D eigenvalue weighted by Gasteiger charge is -2.26. The van der Waals surface area contributed by atoms with Crippen molar-refractivity contribution in [2.75, 3.05) is 18.9 Å². The average molecular weight is 211 g/mol. The second kappa shape index (κ2) is 4.83. The number of nitrogens with one attached hydrogen (secondary N) is 1. The van der Waals surface area contributed by atoms with Gasteiger partial charge in [0.05, 0.1) is 6.61 Å². The monoisotopic (exact) mass is 211 g/mol. The van der Waals surface area contributed by atoms with Gasteiger partial charge in [0.2, 0.25) is 0 Å². The minimum atomic E-state index is -1.63. The molecule has 0 bridgehead atoms. The topological polar surface area (TPSA) is 21.3 Å². The van der Waals surface area contributed by atoms with Gasteiger partial charge in [0, 0.05) is 12.3 Å². The minimum Gasteiger partial charge on any atom is -0.330 e. The van der Waals surface area contributed by atoms with Crippen molar-refractivity contribution >= 4 is 28.8 Å². The quantitative estimate of drug-likeness (QED) is 0.723. The number of rotatable bonds is 3. The third kappa shape index (κ3) is 3.43. The molecule has 1 aliphatic rings. The van der Waals surface area contributed by atoms with E-state index >= 15 is 0 Å². The zero-order valence-electron chi connectivity index (χ0n) is 6.71. The average Bonchev–Trinajstić information content (AvgIpc) is 2.03. The van der Waals surface area contributed by atoms with Crippen molar-refractivity contribution in [3.8, 4) is 0 Å². The molecule has 0 radical (unpaired) electrons. The van der Waals surface area contributed by atoms with E-state index in [0.29, 0.717) is 0 Å². The first-order valence-electron chi connectivity index (χ1n) is 3.91. The van der Waals surface area contributed by atoms with Crippen molar-refractivity contribution in [1.29, 1.82) is 0 Å². The molecule has 2 nitrogen and oxygen atoms in total. The van der Waals surface area contributed by atoms with Crippen LogP contribution in [0.3, 0.4) is 0 Å². The van der Waals surface area contributed by atoms with Gasteiger partial charge in [-0.1, -0.05) is 18.3 Å². The highest BCUT2D eigenvalue weighted by molar-refractivity contribution is 8.68. The van der Waals surface area contributed by atoms with E-state index in [9.17, 15) is 0 Å². The molecule has 1 fully saturated rings. The fourth-order valence-electron chi connectivity index (χ4n) is 0.813. The fourth-order valence-corrected chi connectivity index (χ4v) is 5.73. The molecule has 5 heteroatoms. The molecule has 66 valence electrons. The van der Waals surface area contributed by atoms with Crippen molar-refractivity contribution in [2.45, 2.75) is 19.8 Å². The highest BCUT2D eigenvalue weighted by Crippen LogP contribution is 2.57. The summed E-state index contributed by atoms with van der Waals surface area (Å²) in [6, 6.07) is 0. The Hall–Kier alpha value is 0.920. The largest absolute Gasteiger partial charge is 0.330 e. The molecule has 1 aliphatic heterocycles. The Morgan fingerprint density at radius 3 is 3.09 bits per heavy atom. The van der Waals surface area contributed by atoms with Gasteiger partial charge < -0.3 is 4.52 Å². The van der Waals surface area contributed by atoms with Crippen molar-refractivity contribution in [2.24, 2.45) is 0 Å². The summed E-state index contributed by atoms with van der Waals surface area (Å²) in [6.07, 6.45) is 2.28. The number of hydrogen-bond donors (Lipinski definition) is 1. The molecule has 0 aromatic rings. The molecular formula is C6H14NOPS2. The maximum absolute atomic E-state index is 5.55. The van der Waals surface area contributed by atoms with Crippen molar-refractivity contribution < 1.29 is 4.52 Å². The summed E-state index contributed by atoms with van der Waals surface area (Å²) in [4.78, 5) is 0. The van der Waals surface area contributed by atoms with Gasteiger partial charge >= 0.3 is 0 Å². The normalized spacial score (nSPS) is 32.1. The first-order chi connectivity index (χ1) is 5.27. The van der Waals surface area contributed by atoms with Gasteiger partial charge in [-0.15, -0.1) is 0 Å². The van der Waals surface area contributed by atoms with Crippen LogP contribution in [0.2, 0.25) is 0 Å². The smallest absolute Gasteiger partial charge is 0.185 e. The van der Waals surface area contributed by atoms with Crippen LogP contribution in [0.5, 0.6) is 0 Å². The molecule has 1 saturated heterocycles. The number of hydrogen-bond acceptors (Lipinski definition) is 3. The summed E-state index contributed by atoms with van der Waals surface area (Å²) in [6.45, 7) is 4.05. The Bertz CT molecular complexity index is 155. The first-order valence-corrected chi connectivity index (χ1v) is 8.22. The summed E-state index contributed by atoms with van der Waals surface area (Å²) >= 11 is 7.15. The molecule has 1 rings (SSSR count). The Balaban J connectivity index is 2.32. The van der Waals surface area contributed by atoms with Gasteiger partial charge in [-0.25, -0.2) is 0 Å². The van der Waals surface area contributed by atoms with E-state index in [1.165, 1.54) is 6.42 Å². The van der Waals surface area contributed by atoms with E-state index < -0.39 is 5.62 Å². The molecule has 1 atom stereocenters. The lowest BCUT2D eigenvalue weighted by Crippen LogP contribution is -2.19. The van der Waals surface area contributed by atoms with E-state index in [4.69, 9.17) is 16.3 Å². The van der Waals surface area contributed by atoms with Crippen LogP contribution in [0.1, 0.15) is 19.8 Å². The van der Waals surface area contributed by atoms with Crippen LogP contribution in [0.15, 0.2) is 0 Å². The standard InChI is InChI=1S/C6H14NOPS2/c1-2-6-11-9(10)7-4-3-5-8-9/h2-6H2,1H3,(H,7,10)/t9-/m0/s1. The highest BCUT2D eigenvalue weighted by Gasteiger charge is 2.20. The summed E-state index contributed by atoms with van der Waals surface area (Å²) < 4.78 is 5.55. The van der Waals surface area contributed by atoms with Crippen LogP contribution in [-0.2, 0) is 16.3 Å². The lowest BCUT2D eigenvalue weighted by molar-refractivity contribution is 0.324. The maximum atomic E-state index is 5.55. The van der Waals surface area contributed by atoms with Crippen LogP contribution in [0.4, 0.5) is 0 Å². The molecule has 0 spiro atoms. The molecule has 1 heterocycles. The molecule has 0 unspecified atom stereocenters. The SMILES string of the molecule is CCCS[P@@]1(=S)NCCCO1. The fraction of sp³-hybridized carbons (Fsp3) is 1.00. The Morgan fingerprint density at radius 1 is 1.73 bits per heavy atom. The lowest BCUT2D eigenvalue weighted by atomic mass is 10.5. The second-order valence-corrected chi connectivity index (χ2v) is 9.21. The van der Waals surface area contributed by atoms with Crippen LogP contribution in [-0.4, -0.2) is 18.9 Å². The van der Waals surface area contributed by atoms with Crippen molar-refractivity contribution in [3.05, 3.63) is 0 Å². The second-order valence-electron chi connectivity index (χ2n) is 2.43. The van der Waals surface area contributed by atoms with Crippen molar-refractivity contribution in [3.63, 3.8) is 0 Å². The molecular weight excluding hydrogens is 197 g/mol. The predicted octanol–water partition coefficient (Wildman–Crippen LogP) is 2.36. The van der Waals surface area contributed by atoms with Gasteiger partial charge in [0.15, 0.2) is 5.62 Å². The van der Waals surface area contributed by atoms with Gasteiger partial charge in [-0.3, -0.25) is 5.09 Å². The molecule has 0 aromatic heterocycles. The van der Waals surface area contributed by atoms with E-state index in [2.05, 4.69) is 12.0 Å². The third-order valence-electron chi connectivity index (χ3n) is 1.35. The van der Waals surface area contributed by atoms with Crippen LogP contribution in [0.25, 0.3) is 0 Å². The van der Waals surface area contributed by atoms with E-state index in [-0.39, 0.29) is 0 Å². The molecule has 1 N–H and O–H groups in total. The summed E-state index contributed by atoms with van der Waals surface area (Å²) in [5.41, 5.74) is -1.63. The van der Waals surface area contributed by atoms with Crippen LogP contribution < -0.4 is 5.09 Å². The Kier molecular flexibility index (Phi) is 4.39. The van der Waals surface area contributed by atoms with E-state index in [1.807, 2.05) is 0 Å². The minimum absolute atomic E-state index is 0.848. The van der Waals surface area contributed by atoms with E-state index in [0.717, 1.165) is 25.3 Å². The molecule has 0 saturated carbocycles. The van der Waals surface area contributed by atoms with Gasteiger partial charge in [0.1, 0.15) is 0 Å². The molecule has 0 aliphatic carbocycles. The first kappa shape index (κ1) is 10.0. The Morgan fingerprint density at radius 2 is 2.55 bits per heavy atom. The van der Waals surface area contributed by atoms with Crippen LogP contribution >= 0.6 is 17.0 Å². The zero-order chi connectivity index (χ0) is 8.16. The molecule has 11 heavy (non-hydrogen) atoms. The van der Waals surface area contributed by atoms with E-state index in [1.54, 1.807) is 11.4 Å². The van der Waals surface area contributed by atoms with Gasteiger partial charge in [0.25, 0.3) is 0 Å². The zero-order valence-corrected chi connectivity index (χ0v) is 9.23. The predicted molar refractivity (Wildman–Crippen MR) is 55.6 cm³/mol. The van der Waals surface area contributed by atoms with Crippen molar-refractivity contribution in [1.82, 2.24) is 5.09 Å². The highest BCUT2D eigenvalue weighted by atomic mass is 32.9. The Labute approximate surface area is 77.4 Å². The van der Waals surface area contributed by atoms with Crippen LogP contribution in [0, 0.1) is 0 Å². The molecule has 0 aromatic carbocycles. The summed E-state index contributed by atoms with van der Waals surface area (Å²) in [5, 5.41) is 3.30. The third-order valence-corrected chi connectivity index (χ3v) is 7.34. The summed E-state index contributed by atoms with van der Waals surface area (Å²) in [5.74, 6) is 1.12. The maximum Gasteiger partial charge on any atom is 0.185 e. The molecule has 0 amide bonds. The van der Waals surface area contributed by atoms with Gasteiger partial charge in [-0.05, 0) is 24.6 Å². The summed E-state index contributed by atoms with van der Waals surface area (Å²) in [7, 11) is 0.